The van der Waals surface area contributed by atoms with Crippen molar-refractivity contribution in [3.8, 4) is 5.88 Å². The Morgan fingerprint density at radius 3 is 2.87 bits per heavy atom. The Labute approximate surface area is 133 Å². The fourth-order valence-electron chi connectivity index (χ4n) is 3.66. The monoisotopic (exact) mass is 308 g/mol. The summed E-state index contributed by atoms with van der Waals surface area (Å²) in [6.45, 7) is 2.36. The number of nitrogens with zero attached hydrogens (tertiary/aromatic N) is 1. The van der Waals surface area contributed by atoms with Gasteiger partial charge < -0.3 is 4.74 Å². The molecule has 1 aliphatic heterocycles. The molecule has 2 heterocycles. The highest BCUT2D eigenvalue weighted by Crippen LogP contribution is 2.46. The molecule has 1 spiro atoms. The second-order valence-electron chi connectivity index (χ2n) is 5.82. The summed E-state index contributed by atoms with van der Waals surface area (Å²) in [6.07, 6.45) is 1.40. The van der Waals surface area contributed by atoms with Crippen LogP contribution in [0.5, 0.6) is 5.88 Å². The molecule has 0 saturated heterocycles. The summed E-state index contributed by atoms with van der Waals surface area (Å²) >= 11 is 0. The molecule has 1 aromatic heterocycles. The van der Waals surface area contributed by atoms with Crippen LogP contribution in [0.25, 0.3) is 0 Å². The predicted octanol–water partition coefficient (Wildman–Crippen LogP) is 1.98. The summed E-state index contributed by atoms with van der Waals surface area (Å²) in [5.74, 6) is -0.242. The van der Waals surface area contributed by atoms with Crippen LogP contribution in [-0.2, 0) is 16.6 Å². The van der Waals surface area contributed by atoms with Crippen LogP contribution >= 0.6 is 0 Å². The van der Waals surface area contributed by atoms with Gasteiger partial charge in [-0.2, -0.15) is 0 Å². The summed E-state index contributed by atoms with van der Waals surface area (Å²) in [5.41, 5.74) is 2.14. The molecule has 0 fully saturated rings. The van der Waals surface area contributed by atoms with E-state index in [0.29, 0.717) is 30.2 Å². The number of rotatable bonds is 2. The number of hydrogen-bond donors (Lipinski definition) is 1. The number of aryl methyl sites for hydroxylation is 1. The van der Waals surface area contributed by atoms with Gasteiger partial charge in [-0.3, -0.25) is 14.9 Å². The first-order chi connectivity index (χ1) is 11.2. The average Bonchev–Trinajstić information content (AvgIpc) is 2.94. The number of carbonyl (C=O) groups excluding carboxylic acids is 2. The van der Waals surface area contributed by atoms with Crippen molar-refractivity contribution >= 4 is 11.8 Å². The average molecular weight is 308 g/mol. The molecule has 0 bridgehead atoms. The molecule has 1 aliphatic carbocycles. The lowest BCUT2D eigenvalue weighted by atomic mass is 9.73. The normalized spacial score (nSPS) is 21.8. The molecule has 116 valence electrons. The van der Waals surface area contributed by atoms with Gasteiger partial charge >= 0.3 is 0 Å². The Balaban J connectivity index is 1.99. The number of aromatic nitrogens is 1. The smallest absolute Gasteiger partial charge is 0.259 e. The second-order valence-corrected chi connectivity index (χ2v) is 5.82. The van der Waals surface area contributed by atoms with Crippen LogP contribution in [0, 0.1) is 0 Å². The molecule has 5 heteroatoms. The number of amides is 2. The van der Waals surface area contributed by atoms with E-state index in [4.69, 9.17) is 4.74 Å². The van der Waals surface area contributed by atoms with Crippen LogP contribution in [-0.4, -0.2) is 23.4 Å². The van der Waals surface area contributed by atoms with Gasteiger partial charge in [0.25, 0.3) is 5.91 Å². The molecular formula is C18H16N2O3. The van der Waals surface area contributed by atoms with Gasteiger partial charge in [0.2, 0.25) is 11.8 Å². The number of pyridine rings is 1. The Morgan fingerprint density at radius 1 is 1.22 bits per heavy atom. The highest BCUT2D eigenvalue weighted by atomic mass is 16.5. The van der Waals surface area contributed by atoms with Gasteiger partial charge in [0, 0.05) is 6.07 Å². The lowest BCUT2D eigenvalue weighted by Crippen LogP contribution is -2.52. The first-order valence-electron chi connectivity index (χ1n) is 7.75. The summed E-state index contributed by atoms with van der Waals surface area (Å²) < 4.78 is 5.48. The number of nitrogens with one attached hydrogen (secondary N) is 1. The minimum Gasteiger partial charge on any atom is -0.478 e. The van der Waals surface area contributed by atoms with E-state index < -0.39 is 11.3 Å². The van der Waals surface area contributed by atoms with E-state index >= 15 is 0 Å². The van der Waals surface area contributed by atoms with Gasteiger partial charge in [-0.15, -0.1) is 0 Å². The van der Waals surface area contributed by atoms with E-state index in [1.54, 1.807) is 12.1 Å². The van der Waals surface area contributed by atoms with Crippen LogP contribution < -0.4 is 10.1 Å². The Hall–Kier alpha value is -2.69. The molecular weight excluding hydrogens is 292 g/mol. The van der Waals surface area contributed by atoms with E-state index in [0.717, 1.165) is 17.5 Å². The molecule has 1 N–H and O–H groups in total. The Morgan fingerprint density at radius 2 is 2.04 bits per heavy atom. The second kappa shape index (κ2) is 4.91. The van der Waals surface area contributed by atoms with E-state index in [9.17, 15) is 9.59 Å². The van der Waals surface area contributed by atoms with Crippen molar-refractivity contribution in [3.63, 3.8) is 0 Å². The molecule has 2 aliphatic rings. The highest BCUT2D eigenvalue weighted by molar-refractivity contribution is 6.14. The molecule has 5 nitrogen and oxygen atoms in total. The fraction of sp³-hybridized carbons (Fsp3) is 0.278. The van der Waals surface area contributed by atoms with Gasteiger partial charge in [-0.25, -0.2) is 4.98 Å². The number of fused-ring (bicyclic) bond motifs is 4. The quantitative estimate of drug-likeness (QED) is 0.861. The van der Waals surface area contributed by atoms with Crippen molar-refractivity contribution in [1.29, 1.82) is 0 Å². The molecule has 2 amide bonds. The van der Waals surface area contributed by atoms with Gasteiger partial charge in [-0.05, 0) is 37.0 Å². The van der Waals surface area contributed by atoms with Crippen molar-refractivity contribution in [2.75, 3.05) is 6.61 Å². The summed E-state index contributed by atoms with van der Waals surface area (Å²) in [4.78, 5) is 29.5. The number of imide groups is 1. The fourth-order valence-corrected chi connectivity index (χ4v) is 3.66. The maximum atomic E-state index is 12.8. The molecule has 1 unspecified atom stereocenters. The van der Waals surface area contributed by atoms with E-state index in [1.807, 2.05) is 31.2 Å². The van der Waals surface area contributed by atoms with Crippen molar-refractivity contribution in [1.82, 2.24) is 10.3 Å². The summed E-state index contributed by atoms with van der Waals surface area (Å²) in [6, 6.07) is 11.2. The van der Waals surface area contributed by atoms with Crippen LogP contribution in [0.4, 0.5) is 0 Å². The first-order valence-corrected chi connectivity index (χ1v) is 7.75. The number of ether oxygens (including phenoxy) is 1. The molecule has 4 rings (SSSR count). The van der Waals surface area contributed by atoms with Crippen molar-refractivity contribution in [2.24, 2.45) is 0 Å². The van der Waals surface area contributed by atoms with Gasteiger partial charge in [0.15, 0.2) is 0 Å². The minimum atomic E-state index is -0.896. The molecule has 0 radical (unpaired) electrons. The predicted molar refractivity (Wildman–Crippen MR) is 83.4 cm³/mol. The van der Waals surface area contributed by atoms with Crippen LogP contribution in [0.3, 0.4) is 0 Å². The number of hydrogen-bond acceptors (Lipinski definition) is 4. The molecule has 1 aromatic carbocycles. The van der Waals surface area contributed by atoms with Crippen molar-refractivity contribution in [2.45, 2.75) is 25.2 Å². The van der Waals surface area contributed by atoms with E-state index in [1.165, 1.54) is 0 Å². The third-order valence-electron chi connectivity index (χ3n) is 4.67. The SMILES string of the molecule is CCOc1ccc2c(n1)C1(CCc3ccccc31)C(=O)NC2=O. The Bertz CT molecular complexity index is 831. The topological polar surface area (TPSA) is 68.3 Å². The van der Waals surface area contributed by atoms with Gasteiger partial charge in [-0.1, -0.05) is 24.3 Å². The van der Waals surface area contributed by atoms with Crippen LogP contribution in [0.15, 0.2) is 36.4 Å². The van der Waals surface area contributed by atoms with E-state index in [2.05, 4.69) is 10.3 Å². The lowest BCUT2D eigenvalue weighted by molar-refractivity contribution is -0.124. The number of carbonyl (C=O) groups is 2. The summed E-state index contributed by atoms with van der Waals surface area (Å²) in [5, 5.41) is 2.50. The standard InChI is InChI=1S/C18H16N2O3/c1-2-23-14-8-7-12-15(19-14)18(17(22)20-16(12)21)10-9-11-5-3-4-6-13(11)18/h3-8H,2,9-10H2,1H3,(H,20,21,22). The molecule has 0 saturated carbocycles. The zero-order valence-corrected chi connectivity index (χ0v) is 12.8. The molecule has 1 atom stereocenters. The zero-order valence-electron chi connectivity index (χ0n) is 12.8. The molecule has 23 heavy (non-hydrogen) atoms. The first kappa shape index (κ1) is 13.9. The maximum Gasteiger partial charge on any atom is 0.259 e. The van der Waals surface area contributed by atoms with Gasteiger partial charge in [0.05, 0.1) is 17.9 Å². The zero-order chi connectivity index (χ0) is 16.0. The largest absolute Gasteiger partial charge is 0.478 e. The van der Waals surface area contributed by atoms with Crippen LogP contribution in [0.1, 0.15) is 40.5 Å². The number of benzene rings is 1. The maximum absolute atomic E-state index is 12.8. The molecule has 2 aromatic rings. The Kier molecular flexibility index (Phi) is 2.98. The van der Waals surface area contributed by atoms with E-state index in [-0.39, 0.29) is 5.91 Å². The van der Waals surface area contributed by atoms with Crippen LogP contribution in [0.2, 0.25) is 0 Å². The van der Waals surface area contributed by atoms with Crippen molar-refractivity contribution in [3.05, 3.63) is 58.8 Å². The summed E-state index contributed by atoms with van der Waals surface area (Å²) in [7, 11) is 0. The van der Waals surface area contributed by atoms with Crippen molar-refractivity contribution < 1.29 is 14.3 Å². The highest BCUT2D eigenvalue weighted by Gasteiger charge is 2.52. The van der Waals surface area contributed by atoms with Gasteiger partial charge in [0.1, 0.15) is 5.41 Å². The third kappa shape index (κ3) is 1.82. The lowest BCUT2D eigenvalue weighted by Gasteiger charge is -2.33. The third-order valence-corrected chi connectivity index (χ3v) is 4.67. The minimum absolute atomic E-state index is 0.291.